The van der Waals surface area contributed by atoms with E-state index in [1.54, 1.807) is 23.5 Å². The molecule has 6 nitrogen and oxygen atoms in total. The molecular formula is C48H47FO6S. The summed E-state index contributed by atoms with van der Waals surface area (Å²) in [5.41, 5.74) is 6.17. The Labute approximate surface area is 332 Å². The molecule has 288 valence electrons. The average molecular weight is 771 g/mol. The van der Waals surface area contributed by atoms with Gasteiger partial charge in [0, 0.05) is 28.7 Å². The van der Waals surface area contributed by atoms with E-state index in [2.05, 4.69) is 6.07 Å². The van der Waals surface area contributed by atoms with Gasteiger partial charge in [0.1, 0.15) is 30.2 Å². The van der Waals surface area contributed by atoms with Gasteiger partial charge in [-0.1, -0.05) is 122 Å². The third-order valence-electron chi connectivity index (χ3n) is 9.60. The standard InChI is InChI=1S/C48H47FO6S/c1-4-43(55-34(3)50)46(52-30-35-14-8-5-9-15-35)48(54-32-37-18-12-7-13-19-37)47(53-31-36-16-10-6-11-17-36)45(51)39-21-20-33(2)40(28-39)29-42-26-27-44(56-42)38-22-24-41(49)25-23-38/h5-28,43,46-48H,4,29-32H2,1-3H3/t43-,46-,47+,48+/m1/s1. The quantitative estimate of drug-likeness (QED) is 0.0603. The van der Waals surface area contributed by atoms with Crippen LogP contribution in [0.2, 0.25) is 0 Å². The van der Waals surface area contributed by atoms with Gasteiger partial charge in [0.15, 0.2) is 5.78 Å². The number of esters is 1. The number of halogens is 1. The fourth-order valence-electron chi connectivity index (χ4n) is 6.59. The molecule has 1 heterocycles. The smallest absolute Gasteiger partial charge is 0.302 e. The van der Waals surface area contributed by atoms with Crippen molar-refractivity contribution in [3.8, 4) is 10.4 Å². The largest absolute Gasteiger partial charge is 0.460 e. The number of ether oxygens (including phenoxy) is 4. The van der Waals surface area contributed by atoms with Crippen LogP contribution in [0.15, 0.2) is 146 Å². The number of ketones is 1. The van der Waals surface area contributed by atoms with E-state index in [1.807, 2.05) is 129 Å². The van der Waals surface area contributed by atoms with Crippen molar-refractivity contribution < 1.29 is 32.9 Å². The molecule has 0 saturated carbocycles. The normalized spacial score (nSPS) is 13.4. The number of hydrogen-bond acceptors (Lipinski definition) is 7. The Morgan fingerprint density at radius 1 is 0.661 bits per heavy atom. The van der Waals surface area contributed by atoms with Crippen molar-refractivity contribution >= 4 is 23.1 Å². The van der Waals surface area contributed by atoms with Crippen molar-refractivity contribution in [1.82, 2.24) is 0 Å². The second-order valence-electron chi connectivity index (χ2n) is 13.8. The van der Waals surface area contributed by atoms with Gasteiger partial charge in [0.25, 0.3) is 0 Å². The third-order valence-corrected chi connectivity index (χ3v) is 10.7. The van der Waals surface area contributed by atoms with Crippen molar-refractivity contribution in [2.45, 2.75) is 77.8 Å². The second kappa shape index (κ2) is 20.1. The summed E-state index contributed by atoms with van der Waals surface area (Å²) in [7, 11) is 0. The Bertz CT molecular complexity index is 2140. The average Bonchev–Trinajstić information content (AvgIpc) is 3.69. The Balaban J connectivity index is 1.37. The fraction of sp³-hybridized carbons (Fsp3) is 0.250. The number of benzene rings is 5. The molecule has 0 aliphatic carbocycles. The van der Waals surface area contributed by atoms with Gasteiger partial charge in [0.2, 0.25) is 0 Å². The number of rotatable bonds is 19. The molecule has 4 atom stereocenters. The van der Waals surface area contributed by atoms with Gasteiger partial charge in [-0.05, 0) is 77.1 Å². The molecule has 6 rings (SSSR count). The summed E-state index contributed by atoms with van der Waals surface area (Å²) in [5, 5.41) is 0. The Morgan fingerprint density at radius 3 is 1.77 bits per heavy atom. The molecule has 0 aliphatic rings. The molecule has 1 aromatic heterocycles. The lowest BCUT2D eigenvalue weighted by atomic mass is 9.92. The monoisotopic (exact) mass is 770 g/mol. The van der Waals surface area contributed by atoms with Crippen LogP contribution in [-0.4, -0.2) is 36.2 Å². The molecule has 0 bridgehead atoms. The maximum Gasteiger partial charge on any atom is 0.302 e. The van der Waals surface area contributed by atoms with Crippen LogP contribution in [-0.2, 0) is 50.0 Å². The Morgan fingerprint density at radius 2 is 1.21 bits per heavy atom. The molecule has 0 fully saturated rings. The van der Waals surface area contributed by atoms with Crippen LogP contribution in [0.3, 0.4) is 0 Å². The zero-order valence-corrected chi connectivity index (χ0v) is 32.8. The first kappa shape index (κ1) is 40.4. The SMILES string of the molecule is CC[C@@H](OC(C)=O)[C@@H](OCc1ccccc1)[C@H](OCc1ccccc1)[C@@H](OCc1ccccc1)C(=O)c1ccc(C)c(Cc2ccc(-c3ccc(F)cc3)s2)c1. The summed E-state index contributed by atoms with van der Waals surface area (Å²) in [6.07, 6.45) is -2.73. The zero-order chi connectivity index (χ0) is 39.3. The van der Waals surface area contributed by atoms with Crippen LogP contribution in [0.25, 0.3) is 10.4 Å². The van der Waals surface area contributed by atoms with E-state index in [-0.39, 0.29) is 31.4 Å². The van der Waals surface area contributed by atoms with E-state index in [0.29, 0.717) is 18.4 Å². The molecule has 0 unspecified atom stereocenters. The predicted molar refractivity (Wildman–Crippen MR) is 219 cm³/mol. The highest BCUT2D eigenvalue weighted by atomic mass is 32.1. The summed E-state index contributed by atoms with van der Waals surface area (Å²) in [6.45, 7) is 5.82. The van der Waals surface area contributed by atoms with Gasteiger partial charge in [0.05, 0.1) is 19.8 Å². The molecule has 0 aliphatic heterocycles. The van der Waals surface area contributed by atoms with Crippen LogP contribution in [0.5, 0.6) is 0 Å². The number of carbonyl (C=O) groups is 2. The highest BCUT2D eigenvalue weighted by molar-refractivity contribution is 7.15. The summed E-state index contributed by atoms with van der Waals surface area (Å²) < 4.78 is 39.6. The first-order valence-corrected chi connectivity index (χ1v) is 19.7. The first-order valence-electron chi connectivity index (χ1n) is 18.9. The molecule has 8 heteroatoms. The van der Waals surface area contributed by atoms with Gasteiger partial charge in [-0.25, -0.2) is 4.39 Å². The van der Waals surface area contributed by atoms with E-state index in [1.165, 1.54) is 19.1 Å². The Kier molecular flexibility index (Phi) is 14.5. The number of thiophene rings is 1. The summed E-state index contributed by atoms with van der Waals surface area (Å²) in [5.74, 6) is -1.00. The molecule has 6 aromatic rings. The van der Waals surface area contributed by atoms with Crippen molar-refractivity contribution in [3.05, 3.63) is 190 Å². The minimum absolute atomic E-state index is 0.137. The molecular weight excluding hydrogens is 724 g/mol. The van der Waals surface area contributed by atoms with Crippen molar-refractivity contribution in [3.63, 3.8) is 0 Å². The minimum atomic E-state index is -1.15. The van der Waals surface area contributed by atoms with Gasteiger partial charge in [-0.3, -0.25) is 9.59 Å². The van der Waals surface area contributed by atoms with E-state index in [4.69, 9.17) is 18.9 Å². The van der Waals surface area contributed by atoms with Crippen LogP contribution in [0, 0.1) is 12.7 Å². The lowest BCUT2D eigenvalue weighted by molar-refractivity contribution is -0.186. The predicted octanol–water partition coefficient (Wildman–Crippen LogP) is 10.7. The maximum atomic E-state index is 15.1. The fourth-order valence-corrected chi connectivity index (χ4v) is 7.62. The molecule has 0 N–H and O–H groups in total. The van der Waals surface area contributed by atoms with Crippen LogP contribution < -0.4 is 0 Å². The van der Waals surface area contributed by atoms with E-state index >= 15 is 4.79 Å². The first-order chi connectivity index (χ1) is 27.3. The highest BCUT2D eigenvalue weighted by Crippen LogP contribution is 2.31. The number of Topliss-reactive ketones (excluding diaryl/α,β-unsaturated/α-hetero) is 1. The van der Waals surface area contributed by atoms with Crippen LogP contribution in [0.4, 0.5) is 4.39 Å². The summed E-state index contributed by atoms with van der Waals surface area (Å²) in [4.78, 5) is 29.7. The number of aryl methyl sites for hydroxylation is 1. The lowest BCUT2D eigenvalue weighted by Gasteiger charge is -2.36. The van der Waals surface area contributed by atoms with Gasteiger partial charge < -0.3 is 18.9 Å². The van der Waals surface area contributed by atoms with Crippen LogP contribution >= 0.6 is 11.3 Å². The maximum absolute atomic E-state index is 15.1. The van der Waals surface area contributed by atoms with Crippen LogP contribution in [0.1, 0.15) is 63.3 Å². The molecule has 5 aromatic carbocycles. The topological polar surface area (TPSA) is 71.1 Å². The molecule has 0 spiro atoms. The third kappa shape index (κ3) is 11.2. The number of carbonyl (C=O) groups excluding carboxylic acids is 2. The van der Waals surface area contributed by atoms with Crippen molar-refractivity contribution in [2.75, 3.05) is 0 Å². The van der Waals surface area contributed by atoms with Gasteiger partial charge in [-0.2, -0.15) is 0 Å². The lowest BCUT2D eigenvalue weighted by Crippen LogP contribution is -2.52. The second-order valence-corrected chi connectivity index (χ2v) is 14.9. The van der Waals surface area contributed by atoms with Gasteiger partial charge >= 0.3 is 5.97 Å². The zero-order valence-electron chi connectivity index (χ0n) is 31.9. The molecule has 0 saturated heterocycles. The summed E-state index contributed by atoms with van der Waals surface area (Å²) >= 11 is 1.64. The van der Waals surface area contributed by atoms with Gasteiger partial charge in [-0.15, -0.1) is 11.3 Å². The summed E-state index contributed by atoms with van der Waals surface area (Å²) in [6, 6.07) is 45.5. The van der Waals surface area contributed by atoms with Crippen molar-refractivity contribution in [2.24, 2.45) is 0 Å². The molecule has 0 amide bonds. The van der Waals surface area contributed by atoms with E-state index < -0.39 is 30.4 Å². The highest BCUT2D eigenvalue weighted by Gasteiger charge is 2.42. The minimum Gasteiger partial charge on any atom is -0.460 e. The molecule has 0 radical (unpaired) electrons. The molecule has 56 heavy (non-hydrogen) atoms. The number of hydrogen-bond donors (Lipinski definition) is 0. The van der Waals surface area contributed by atoms with E-state index in [9.17, 15) is 9.18 Å². The van der Waals surface area contributed by atoms with E-state index in [0.717, 1.165) is 43.1 Å². The van der Waals surface area contributed by atoms with Crippen molar-refractivity contribution in [1.29, 1.82) is 0 Å². The Hall–Kier alpha value is -5.25.